The topological polar surface area (TPSA) is 41.6 Å². The van der Waals surface area contributed by atoms with E-state index in [1.54, 1.807) is 0 Å². The van der Waals surface area contributed by atoms with Gasteiger partial charge >= 0.3 is 6.09 Å². The van der Waals surface area contributed by atoms with Crippen LogP contribution in [0.2, 0.25) is 0 Å². The molecule has 0 aromatic carbocycles. The van der Waals surface area contributed by atoms with Crippen LogP contribution in [0.5, 0.6) is 0 Å². The Labute approximate surface area is 139 Å². The first kappa shape index (κ1) is 17.9. The molecule has 0 radical (unpaired) electrons. The van der Waals surface area contributed by atoms with Gasteiger partial charge in [-0.2, -0.15) is 11.8 Å². The van der Waals surface area contributed by atoms with Crippen LogP contribution in [-0.4, -0.2) is 53.8 Å². The summed E-state index contributed by atoms with van der Waals surface area (Å²) in [5.41, 5.74) is -0.0985. The number of likely N-dealkylation sites (tertiary alicyclic amines) is 1. The first-order valence-electron chi connectivity index (χ1n) is 8.57. The van der Waals surface area contributed by atoms with Crippen molar-refractivity contribution >= 4 is 17.9 Å². The predicted molar refractivity (Wildman–Crippen MR) is 93.5 cm³/mol. The van der Waals surface area contributed by atoms with Crippen LogP contribution >= 0.6 is 11.8 Å². The quantitative estimate of drug-likeness (QED) is 0.861. The van der Waals surface area contributed by atoms with Crippen molar-refractivity contribution in [3.8, 4) is 0 Å². The lowest BCUT2D eigenvalue weighted by molar-refractivity contribution is 0.0117. The van der Waals surface area contributed by atoms with Gasteiger partial charge in [-0.15, -0.1) is 0 Å². The smallest absolute Gasteiger partial charge is 0.410 e. The molecule has 0 aromatic heterocycles. The van der Waals surface area contributed by atoms with Gasteiger partial charge in [-0.3, -0.25) is 0 Å². The van der Waals surface area contributed by atoms with Crippen LogP contribution in [-0.2, 0) is 4.74 Å². The van der Waals surface area contributed by atoms with E-state index in [0.717, 1.165) is 32.5 Å². The summed E-state index contributed by atoms with van der Waals surface area (Å²) in [7, 11) is 0. The zero-order valence-corrected chi connectivity index (χ0v) is 15.4. The van der Waals surface area contributed by atoms with Gasteiger partial charge in [0.25, 0.3) is 0 Å². The van der Waals surface area contributed by atoms with Crippen LogP contribution in [0.15, 0.2) is 0 Å². The average Bonchev–Trinajstić information content (AvgIpc) is 2.45. The van der Waals surface area contributed by atoms with Crippen molar-refractivity contribution in [2.45, 2.75) is 65.0 Å². The molecule has 0 aromatic rings. The van der Waals surface area contributed by atoms with Gasteiger partial charge in [-0.05, 0) is 57.6 Å². The zero-order chi connectivity index (χ0) is 16.2. The molecule has 128 valence electrons. The second kappa shape index (κ2) is 7.43. The summed E-state index contributed by atoms with van der Waals surface area (Å²) < 4.78 is 5.47. The Hall–Kier alpha value is -0.420. The maximum Gasteiger partial charge on any atom is 0.410 e. The van der Waals surface area contributed by atoms with Crippen molar-refractivity contribution in [2.24, 2.45) is 5.41 Å². The van der Waals surface area contributed by atoms with E-state index >= 15 is 0 Å². The van der Waals surface area contributed by atoms with Gasteiger partial charge in [0, 0.05) is 31.4 Å². The molecule has 1 atom stereocenters. The number of thioether (sulfide) groups is 1. The maximum atomic E-state index is 12.1. The number of carbonyl (C=O) groups is 1. The van der Waals surface area contributed by atoms with Crippen molar-refractivity contribution < 1.29 is 9.53 Å². The van der Waals surface area contributed by atoms with E-state index in [4.69, 9.17) is 4.74 Å². The third kappa shape index (κ3) is 5.65. The van der Waals surface area contributed by atoms with Crippen LogP contribution in [0.1, 0.15) is 53.4 Å². The molecule has 2 aliphatic rings. The summed E-state index contributed by atoms with van der Waals surface area (Å²) in [5.74, 6) is 2.57. The number of ether oxygens (including phenoxy) is 1. The largest absolute Gasteiger partial charge is 0.444 e. The summed E-state index contributed by atoms with van der Waals surface area (Å²) in [6.45, 7) is 10.8. The second-order valence-corrected chi connectivity index (χ2v) is 9.22. The molecule has 22 heavy (non-hydrogen) atoms. The molecule has 4 nitrogen and oxygen atoms in total. The van der Waals surface area contributed by atoms with Gasteiger partial charge in [-0.25, -0.2) is 4.79 Å². The van der Waals surface area contributed by atoms with Crippen molar-refractivity contribution in [2.75, 3.05) is 31.1 Å². The summed E-state index contributed by atoms with van der Waals surface area (Å²) in [6.07, 6.45) is 4.60. The van der Waals surface area contributed by atoms with Crippen molar-refractivity contribution in [1.29, 1.82) is 0 Å². The minimum atomic E-state index is -0.405. The lowest BCUT2D eigenvalue weighted by atomic mass is 9.80. The average molecular weight is 329 g/mol. The van der Waals surface area contributed by atoms with Gasteiger partial charge < -0.3 is 15.0 Å². The fraction of sp³-hybridized carbons (Fsp3) is 0.941. The number of amides is 1. The fourth-order valence-corrected chi connectivity index (χ4v) is 4.13. The van der Waals surface area contributed by atoms with Crippen molar-refractivity contribution in [3.05, 3.63) is 0 Å². The summed E-state index contributed by atoms with van der Waals surface area (Å²) in [6, 6.07) is 0.680. The highest BCUT2D eigenvalue weighted by Gasteiger charge is 2.34. The molecule has 2 heterocycles. The summed E-state index contributed by atoms with van der Waals surface area (Å²) >= 11 is 2.07. The molecule has 2 aliphatic heterocycles. The molecule has 0 spiro atoms. The van der Waals surface area contributed by atoms with Crippen molar-refractivity contribution in [3.63, 3.8) is 0 Å². The number of piperidine rings is 1. The van der Waals surface area contributed by atoms with Gasteiger partial charge in [0.2, 0.25) is 0 Å². The molecule has 2 saturated heterocycles. The number of nitrogens with zero attached hydrogens (tertiary/aromatic N) is 1. The molecule has 2 fully saturated rings. The Morgan fingerprint density at radius 2 is 2.05 bits per heavy atom. The molecule has 5 heteroatoms. The first-order valence-corrected chi connectivity index (χ1v) is 9.72. The number of carbonyl (C=O) groups excluding carboxylic acids is 1. The van der Waals surface area contributed by atoms with Gasteiger partial charge in [0.15, 0.2) is 0 Å². The molecule has 2 rings (SSSR count). The first-order chi connectivity index (χ1) is 10.3. The monoisotopic (exact) mass is 328 g/mol. The van der Waals surface area contributed by atoms with Crippen LogP contribution in [0, 0.1) is 5.41 Å². The summed E-state index contributed by atoms with van der Waals surface area (Å²) in [5, 5.41) is 3.76. The fourth-order valence-electron chi connectivity index (χ4n) is 3.02. The number of hydrogen-bond acceptors (Lipinski definition) is 4. The number of nitrogens with one attached hydrogen (secondary N) is 1. The molecule has 1 unspecified atom stereocenters. The maximum absolute atomic E-state index is 12.1. The van der Waals surface area contributed by atoms with E-state index in [9.17, 15) is 4.79 Å². The number of rotatable bonds is 3. The molecule has 1 N–H and O–H groups in total. The van der Waals surface area contributed by atoms with E-state index in [2.05, 4.69) is 24.0 Å². The van der Waals surface area contributed by atoms with E-state index < -0.39 is 5.60 Å². The van der Waals surface area contributed by atoms with Crippen LogP contribution in [0.4, 0.5) is 4.79 Å². The lowest BCUT2D eigenvalue weighted by Crippen LogP contribution is -2.49. The lowest BCUT2D eigenvalue weighted by Gasteiger charge is -2.40. The molecule has 0 saturated carbocycles. The van der Waals surface area contributed by atoms with E-state index in [1.807, 2.05) is 25.7 Å². The van der Waals surface area contributed by atoms with E-state index in [-0.39, 0.29) is 6.09 Å². The third-order valence-corrected chi connectivity index (χ3v) is 5.82. The highest BCUT2D eigenvalue weighted by molar-refractivity contribution is 7.99. The second-order valence-electron chi connectivity index (χ2n) is 8.07. The third-order valence-electron chi connectivity index (χ3n) is 4.60. The van der Waals surface area contributed by atoms with E-state index in [1.165, 1.54) is 24.3 Å². The Morgan fingerprint density at radius 3 is 2.59 bits per heavy atom. The Bertz CT molecular complexity index is 367. The highest BCUT2D eigenvalue weighted by Crippen LogP contribution is 2.31. The van der Waals surface area contributed by atoms with Gasteiger partial charge in [0.05, 0.1) is 0 Å². The van der Waals surface area contributed by atoms with Crippen molar-refractivity contribution in [1.82, 2.24) is 10.2 Å². The highest BCUT2D eigenvalue weighted by atomic mass is 32.2. The molecule has 0 bridgehead atoms. The number of hydrogen-bond donors (Lipinski definition) is 1. The van der Waals surface area contributed by atoms with Crippen LogP contribution in [0.25, 0.3) is 0 Å². The molecular formula is C17H32N2O2S. The van der Waals surface area contributed by atoms with Crippen LogP contribution < -0.4 is 5.32 Å². The standard InChI is InChI=1S/C17H32N2O2S/c1-16(2,3)21-15(20)19-9-7-17(4,8-10-19)13-18-14-6-5-11-22-12-14/h14,18H,5-13H2,1-4H3. The molecule has 0 aliphatic carbocycles. The zero-order valence-electron chi connectivity index (χ0n) is 14.6. The normalized spacial score (nSPS) is 25.8. The van der Waals surface area contributed by atoms with Gasteiger partial charge in [-0.1, -0.05) is 6.92 Å². The molecular weight excluding hydrogens is 296 g/mol. The Kier molecular flexibility index (Phi) is 6.06. The Balaban J connectivity index is 1.74. The minimum absolute atomic E-state index is 0.161. The molecule has 1 amide bonds. The Morgan fingerprint density at radius 1 is 1.36 bits per heavy atom. The minimum Gasteiger partial charge on any atom is -0.444 e. The SMILES string of the molecule is CC1(CNC2CCCSC2)CCN(C(=O)OC(C)(C)C)CC1. The van der Waals surface area contributed by atoms with Gasteiger partial charge in [0.1, 0.15) is 5.60 Å². The van der Waals surface area contributed by atoms with E-state index in [0.29, 0.717) is 11.5 Å². The predicted octanol–water partition coefficient (Wildman–Crippen LogP) is 3.51. The van der Waals surface area contributed by atoms with Crippen LogP contribution in [0.3, 0.4) is 0 Å². The summed E-state index contributed by atoms with van der Waals surface area (Å²) in [4.78, 5) is 14.0.